The molecule has 0 aromatic carbocycles. The quantitative estimate of drug-likeness (QED) is 0.484. The number of allylic oxidation sites excluding steroid dienone is 2. The van der Waals surface area contributed by atoms with E-state index in [2.05, 4.69) is 16.8 Å². The second-order valence-electron chi connectivity index (χ2n) is 3.55. The maximum Gasteiger partial charge on any atom is 0.0988 e. The van der Waals surface area contributed by atoms with Crippen LogP contribution in [-0.2, 0) is 0 Å². The molecule has 0 spiro atoms. The molecule has 0 aromatic rings. The molecule has 1 saturated heterocycles. The van der Waals surface area contributed by atoms with Crippen molar-refractivity contribution in [1.29, 1.82) is 0 Å². The van der Waals surface area contributed by atoms with Crippen molar-refractivity contribution in [3.63, 3.8) is 0 Å². The molecule has 1 heterocycles. The van der Waals surface area contributed by atoms with Gasteiger partial charge in [0, 0.05) is 26.2 Å². The van der Waals surface area contributed by atoms with Gasteiger partial charge >= 0.3 is 0 Å². The van der Waals surface area contributed by atoms with Gasteiger partial charge in [0.25, 0.3) is 0 Å². The van der Waals surface area contributed by atoms with E-state index in [0.717, 1.165) is 32.0 Å². The van der Waals surface area contributed by atoms with Crippen molar-refractivity contribution in [3.8, 4) is 0 Å². The van der Waals surface area contributed by atoms with Crippen LogP contribution >= 0.6 is 0 Å². The van der Waals surface area contributed by atoms with Crippen molar-refractivity contribution < 1.29 is 0 Å². The van der Waals surface area contributed by atoms with Crippen molar-refractivity contribution in [2.45, 2.75) is 0 Å². The molecule has 1 fully saturated rings. The molecule has 0 aliphatic carbocycles. The summed E-state index contributed by atoms with van der Waals surface area (Å²) in [5, 5.41) is 0. The molecule has 14 heavy (non-hydrogen) atoms. The molecular weight excluding hydrogens is 178 g/mol. The molecule has 0 saturated carbocycles. The Kier molecular flexibility index (Phi) is 3.64. The fourth-order valence-corrected chi connectivity index (χ4v) is 1.35. The highest BCUT2D eigenvalue weighted by Gasteiger charge is 2.13. The van der Waals surface area contributed by atoms with Gasteiger partial charge in [-0.05, 0) is 19.2 Å². The first-order chi connectivity index (χ1) is 6.59. The maximum atomic E-state index is 5.85. The number of likely N-dealkylation sites (N-methyl/N-ethyl adjacent to an activating group) is 1. The Morgan fingerprint density at radius 2 is 1.57 bits per heavy atom. The van der Waals surface area contributed by atoms with Gasteiger partial charge in [-0.15, -0.1) is 0 Å². The molecule has 0 amide bonds. The predicted molar refractivity (Wildman–Crippen MR) is 57.8 cm³/mol. The average Bonchev–Trinajstić information content (AvgIpc) is 2.15. The first kappa shape index (κ1) is 10.7. The smallest absolute Gasteiger partial charge is 0.0988 e. The van der Waals surface area contributed by atoms with Crippen LogP contribution in [0.2, 0.25) is 0 Å². The maximum absolute atomic E-state index is 5.85. The Morgan fingerprint density at radius 1 is 1.00 bits per heavy atom. The summed E-state index contributed by atoms with van der Waals surface area (Å²) in [6.45, 7) is 3.99. The van der Waals surface area contributed by atoms with E-state index in [4.69, 9.17) is 17.2 Å². The topological polar surface area (TPSA) is 84.5 Å². The van der Waals surface area contributed by atoms with Crippen LogP contribution in [0.5, 0.6) is 0 Å². The van der Waals surface area contributed by atoms with Gasteiger partial charge in [0.15, 0.2) is 0 Å². The van der Waals surface area contributed by atoms with Crippen molar-refractivity contribution in [1.82, 2.24) is 9.80 Å². The predicted octanol–water partition coefficient (Wildman–Crippen LogP) is -1.21. The summed E-state index contributed by atoms with van der Waals surface area (Å²) in [7, 11) is 2.11. The highest BCUT2D eigenvalue weighted by atomic mass is 15.3. The van der Waals surface area contributed by atoms with Gasteiger partial charge in [-0.2, -0.15) is 0 Å². The summed E-state index contributed by atoms with van der Waals surface area (Å²) in [4.78, 5) is 4.40. The third-order valence-electron chi connectivity index (χ3n) is 2.31. The Bertz CT molecular complexity index is 234. The zero-order valence-corrected chi connectivity index (χ0v) is 8.61. The van der Waals surface area contributed by atoms with E-state index in [9.17, 15) is 0 Å². The molecule has 0 atom stereocenters. The second kappa shape index (κ2) is 4.76. The summed E-state index contributed by atoms with van der Waals surface area (Å²) in [6.07, 6.45) is 3.37. The van der Waals surface area contributed by atoms with Crippen LogP contribution in [0, 0.1) is 0 Å². The lowest BCUT2D eigenvalue weighted by Gasteiger charge is -2.33. The summed E-state index contributed by atoms with van der Waals surface area (Å²) >= 11 is 0. The Hall–Kier alpha value is -1.36. The second-order valence-corrected chi connectivity index (χ2v) is 3.55. The monoisotopic (exact) mass is 197 g/mol. The van der Waals surface area contributed by atoms with Gasteiger partial charge in [0.1, 0.15) is 0 Å². The molecule has 0 aromatic heterocycles. The van der Waals surface area contributed by atoms with E-state index in [1.165, 1.54) is 0 Å². The molecule has 0 unspecified atom stereocenters. The lowest BCUT2D eigenvalue weighted by atomic mass is 10.3. The number of hydrogen-bond acceptors (Lipinski definition) is 5. The molecular formula is C9H19N5. The number of nitrogens with two attached hydrogens (primary N) is 3. The summed E-state index contributed by atoms with van der Waals surface area (Å²) < 4.78 is 0. The highest BCUT2D eigenvalue weighted by molar-refractivity contribution is 5.12. The van der Waals surface area contributed by atoms with Gasteiger partial charge in [-0.3, -0.25) is 0 Å². The lowest BCUT2D eigenvalue weighted by molar-refractivity contribution is 0.185. The highest BCUT2D eigenvalue weighted by Crippen LogP contribution is 2.03. The summed E-state index contributed by atoms with van der Waals surface area (Å²) in [5.74, 6) is 1.01. The first-order valence-corrected chi connectivity index (χ1v) is 4.71. The van der Waals surface area contributed by atoms with E-state index >= 15 is 0 Å². The number of piperazine rings is 1. The SMILES string of the molecule is CN1CCN(/C(N)=C/C=C(N)N)CC1. The van der Waals surface area contributed by atoms with E-state index in [1.54, 1.807) is 12.2 Å². The van der Waals surface area contributed by atoms with Crippen LogP contribution in [0.25, 0.3) is 0 Å². The van der Waals surface area contributed by atoms with E-state index in [-0.39, 0.29) is 5.82 Å². The van der Waals surface area contributed by atoms with Crippen LogP contribution in [0.15, 0.2) is 23.8 Å². The van der Waals surface area contributed by atoms with E-state index < -0.39 is 0 Å². The van der Waals surface area contributed by atoms with Gasteiger partial charge in [-0.25, -0.2) is 0 Å². The van der Waals surface area contributed by atoms with Crippen molar-refractivity contribution in [2.75, 3.05) is 33.2 Å². The summed E-state index contributed by atoms with van der Waals surface area (Å²) in [6, 6.07) is 0. The average molecular weight is 197 g/mol. The van der Waals surface area contributed by atoms with Crippen LogP contribution < -0.4 is 17.2 Å². The normalized spacial score (nSPS) is 19.5. The molecule has 5 nitrogen and oxygen atoms in total. The van der Waals surface area contributed by atoms with E-state index in [1.807, 2.05) is 0 Å². The fraction of sp³-hybridized carbons (Fsp3) is 0.556. The number of nitrogens with zero attached hydrogens (tertiary/aromatic N) is 2. The molecule has 0 bridgehead atoms. The van der Waals surface area contributed by atoms with Crippen LogP contribution in [-0.4, -0.2) is 43.0 Å². The molecule has 1 aliphatic rings. The van der Waals surface area contributed by atoms with Gasteiger partial charge in [-0.1, -0.05) is 0 Å². The number of hydrogen-bond donors (Lipinski definition) is 3. The Morgan fingerprint density at radius 3 is 2.07 bits per heavy atom. The molecule has 80 valence electrons. The van der Waals surface area contributed by atoms with Gasteiger partial charge in [0.2, 0.25) is 0 Å². The minimum absolute atomic E-state index is 0.280. The molecule has 1 rings (SSSR count). The summed E-state index contributed by atoms with van der Waals surface area (Å²) in [5.41, 5.74) is 16.5. The standard InChI is InChI=1S/C9H19N5/c1-13-4-6-14(7-5-13)9(12)3-2-8(10)11/h2-3H,4-7,10-12H2,1H3/b9-3+. The Balaban J connectivity index is 2.49. The minimum Gasteiger partial charge on any atom is -0.386 e. The molecule has 1 aliphatic heterocycles. The third kappa shape index (κ3) is 3.18. The zero-order valence-electron chi connectivity index (χ0n) is 8.61. The molecule has 5 heteroatoms. The van der Waals surface area contributed by atoms with E-state index in [0.29, 0.717) is 0 Å². The van der Waals surface area contributed by atoms with Crippen LogP contribution in [0.4, 0.5) is 0 Å². The number of rotatable bonds is 2. The largest absolute Gasteiger partial charge is 0.386 e. The zero-order chi connectivity index (χ0) is 10.6. The molecule has 6 N–H and O–H groups in total. The lowest BCUT2D eigenvalue weighted by Crippen LogP contribution is -2.45. The van der Waals surface area contributed by atoms with Crippen molar-refractivity contribution in [3.05, 3.63) is 23.8 Å². The minimum atomic E-state index is 0.280. The Labute approximate surface area is 84.8 Å². The first-order valence-electron chi connectivity index (χ1n) is 4.71. The molecule has 0 radical (unpaired) electrons. The van der Waals surface area contributed by atoms with Crippen LogP contribution in [0.3, 0.4) is 0 Å². The van der Waals surface area contributed by atoms with Crippen molar-refractivity contribution >= 4 is 0 Å². The van der Waals surface area contributed by atoms with Gasteiger partial charge < -0.3 is 27.0 Å². The van der Waals surface area contributed by atoms with Crippen LogP contribution in [0.1, 0.15) is 0 Å². The fourth-order valence-electron chi connectivity index (χ4n) is 1.35. The van der Waals surface area contributed by atoms with Crippen molar-refractivity contribution in [2.24, 2.45) is 17.2 Å². The third-order valence-corrected chi connectivity index (χ3v) is 2.31. The van der Waals surface area contributed by atoms with Gasteiger partial charge in [0.05, 0.1) is 11.6 Å².